The number of benzene rings is 1. The average Bonchev–Trinajstić information content (AvgIpc) is 2.34. The van der Waals surface area contributed by atoms with E-state index in [0.717, 1.165) is 10.0 Å². The fourth-order valence-electron chi connectivity index (χ4n) is 1.54. The summed E-state index contributed by atoms with van der Waals surface area (Å²) in [7, 11) is 0. The zero-order valence-electron chi connectivity index (χ0n) is 9.73. The topological polar surface area (TPSA) is 48.1 Å². The minimum atomic E-state index is -0.306. The predicted octanol–water partition coefficient (Wildman–Crippen LogP) is 3.71. The molecule has 0 amide bonds. The van der Waals surface area contributed by atoms with Gasteiger partial charge in [-0.15, -0.1) is 0 Å². The Morgan fingerprint density at radius 2 is 2.17 bits per heavy atom. The zero-order chi connectivity index (χ0) is 13.1. The van der Waals surface area contributed by atoms with Gasteiger partial charge in [0.25, 0.3) is 0 Å². The molecule has 2 aromatic rings. The Labute approximate surface area is 113 Å². The van der Waals surface area contributed by atoms with Crippen molar-refractivity contribution in [3.8, 4) is 5.75 Å². The number of halogens is 2. The first-order chi connectivity index (χ1) is 8.56. The molecule has 0 radical (unpaired) electrons. The summed E-state index contributed by atoms with van der Waals surface area (Å²) in [5, 5.41) is 0. The summed E-state index contributed by atoms with van der Waals surface area (Å²) in [4.78, 5) is 3.97. The van der Waals surface area contributed by atoms with Crippen molar-refractivity contribution in [1.82, 2.24) is 4.98 Å². The number of nitrogens with zero attached hydrogens (tertiary/aromatic N) is 1. The van der Waals surface area contributed by atoms with Crippen LogP contribution in [0.5, 0.6) is 5.75 Å². The van der Waals surface area contributed by atoms with E-state index in [1.165, 1.54) is 12.1 Å². The fraction of sp³-hybridized carbons (Fsp3) is 0.154. The van der Waals surface area contributed by atoms with Gasteiger partial charge in [0.2, 0.25) is 0 Å². The van der Waals surface area contributed by atoms with Gasteiger partial charge in [0, 0.05) is 10.7 Å². The number of nitrogens with two attached hydrogens (primary N) is 1. The molecule has 5 heteroatoms. The number of anilines is 1. The quantitative estimate of drug-likeness (QED) is 0.940. The minimum absolute atomic E-state index is 0.289. The predicted molar refractivity (Wildman–Crippen MR) is 71.8 cm³/mol. The Bertz CT molecular complexity index is 562. The molecule has 0 aliphatic carbocycles. The number of pyridine rings is 1. The van der Waals surface area contributed by atoms with E-state index in [2.05, 4.69) is 20.9 Å². The lowest BCUT2D eigenvalue weighted by Crippen LogP contribution is -2.06. The summed E-state index contributed by atoms with van der Waals surface area (Å²) in [6.45, 7) is 1.83. The second-order valence-corrected chi connectivity index (χ2v) is 4.77. The molecule has 0 saturated heterocycles. The molecule has 1 unspecified atom stereocenters. The second kappa shape index (κ2) is 5.35. The van der Waals surface area contributed by atoms with Gasteiger partial charge in [-0.2, -0.15) is 0 Å². The van der Waals surface area contributed by atoms with Crippen LogP contribution >= 0.6 is 15.9 Å². The lowest BCUT2D eigenvalue weighted by Gasteiger charge is -2.16. The smallest absolute Gasteiger partial charge is 0.166 e. The Hall–Kier alpha value is -1.62. The number of hydrogen-bond acceptors (Lipinski definition) is 3. The van der Waals surface area contributed by atoms with Crippen molar-refractivity contribution in [3.63, 3.8) is 0 Å². The first kappa shape index (κ1) is 12.8. The number of aromatic nitrogens is 1. The van der Waals surface area contributed by atoms with E-state index in [4.69, 9.17) is 10.5 Å². The Morgan fingerprint density at radius 3 is 2.89 bits per heavy atom. The number of hydrogen-bond donors (Lipinski definition) is 1. The van der Waals surface area contributed by atoms with Crippen molar-refractivity contribution >= 4 is 21.7 Å². The minimum Gasteiger partial charge on any atom is -0.482 e. The highest BCUT2D eigenvalue weighted by Crippen LogP contribution is 2.28. The van der Waals surface area contributed by atoms with Crippen molar-refractivity contribution < 1.29 is 9.13 Å². The molecule has 18 heavy (non-hydrogen) atoms. The van der Waals surface area contributed by atoms with Crippen LogP contribution in [0.4, 0.5) is 10.2 Å². The fourth-order valence-corrected chi connectivity index (χ4v) is 1.85. The molecule has 0 saturated carbocycles. The maximum atomic E-state index is 13.1. The first-order valence-corrected chi connectivity index (χ1v) is 6.18. The van der Waals surface area contributed by atoms with Gasteiger partial charge in [-0.3, -0.25) is 0 Å². The maximum absolute atomic E-state index is 13.1. The van der Waals surface area contributed by atoms with Crippen LogP contribution in [-0.4, -0.2) is 4.98 Å². The molecule has 3 nitrogen and oxygen atoms in total. The van der Waals surface area contributed by atoms with Crippen molar-refractivity contribution in [2.75, 3.05) is 5.73 Å². The Morgan fingerprint density at radius 1 is 1.39 bits per heavy atom. The van der Waals surface area contributed by atoms with Crippen LogP contribution in [0.1, 0.15) is 18.6 Å². The van der Waals surface area contributed by atoms with Crippen molar-refractivity contribution in [2.24, 2.45) is 0 Å². The molecule has 0 fully saturated rings. The normalized spacial score (nSPS) is 12.2. The summed E-state index contributed by atoms with van der Waals surface area (Å²) in [5.74, 6) is 0.492. The molecule has 0 aliphatic rings. The molecule has 2 N–H and O–H groups in total. The molecule has 0 aliphatic heterocycles. The highest BCUT2D eigenvalue weighted by Gasteiger charge is 2.11. The van der Waals surface area contributed by atoms with E-state index < -0.39 is 0 Å². The van der Waals surface area contributed by atoms with Gasteiger partial charge in [-0.25, -0.2) is 9.37 Å². The molecule has 0 bridgehead atoms. The molecule has 1 aromatic carbocycles. The summed E-state index contributed by atoms with van der Waals surface area (Å²) in [5.41, 5.74) is 6.46. The first-order valence-electron chi connectivity index (χ1n) is 5.39. The summed E-state index contributed by atoms with van der Waals surface area (Å²) in [6, 6.07) is 8.01. The van der Waals surface area contributed by atoms with Gasteiger partial charge in [0.05, 0.1) is 0 Å². The van der Waals surface area contributed by atoms with E-state index in [9.17, 15) is 4.39 Å². The van der Waals surface area contributed by atoms with Crippen LogP contribution in [0.3, 0.4) is 0 Å². The number of ether oxygens (including phenoxy) is 1. The van der Waals surface area contributed by atoms with Crippen LogP contribution in [0.2, 0.25) is 0 Å². The van der Waals surface area contributed by atoms with Crippen molar-refractivity contribution in [2.45, 2.75) is 13.0 Å². The lowest BCUT2D eigenvalue weighted by atomic mass is 10.1. The molecule has 1 aromatic heterocycles. The highest BCUT2D eigenvalue weighted by atomic mass is 79.9. The monoisotopic (exact) mass is 310 g/mol. The van der Waals surface area contributed by atoms with Gasteiger partial charge in [0.15, 0.2) is 11.6 Å². The Kier molecular flexibility index (Phi) is 3.81. The van der Waals surface area contributed by atoms with E-state index in [0.29, 0.717) is 11.6 Å². The van der Waals surface area contributed by atoms with E-state index in [-0.39, 0.29) is 11.9 Å². The molecule has 1 atom stereocenters. The SMILES string of the molecule is CC(Oc1cc(Br)cnc1N)c1cccc(F)c1. The third-order valence-corrected chi connectivity index (χ3v) is 2.90. The van der Waals surface area contributed by atoms with Gasteiger partial charge < -0.3 is 10.5 Å². The van der Waals surface area contributed by atoms with E-state index >= 15 is 0 Å². The average molecular weight is 311 g/mol. The number of rotatable bonds is 3. The van der Waals surface area contributed by atoms with Gasteiger partial charge in [-0.05, 0) is 46.6 Å². The standard InChI is InChI=1S/C13H12BrFN2O/c1-8(9-3-2-4-11(15)5-9)18-12-6-10(14)7-17-13(12)16/h2-8H,1H3,(H2,16,17). The third-order valence-electron chi connectivity index (χ3n) is 2.47. The van der Waals surface area contributed by atoms with Gasteiger partial charge in [0.1, 0.15) is 11.9 Å². The van der Waals surface area contributed by atoms with Crippen LogP contribution in [0.15, 0.2) is 41.0 Å². The summed E-state index contributed by atoms with van der Waals surface area (Å²) < 4.78 is 19.6. The van der Waals surface area contributed by atoms with Gasteiger partial charge >= 0.3 is 0 Å². The highest BCUT2D eigenvalue weighted by molar-refractivity contribution is 9.10. The van der Waals surface area contributed by atoms with Crippen LogP contribution in [0, 0.1) is 5.82 Å². The maximum Gasteiger partial charge on any atom is 0.166 e. The van der Waals surface area contributed by atoms with Crippen molar-refractivity contribution in [1.29, 1.82) is 0 Å². The van der Waals surface area contributed by atoms with Crippen LogP contribution < -0.4 is 10.5 Å². The molecule has 2 rings (SSSR count). The molecular formula is C13H12BrFN2O. The third kappa shape index (κ3) is 2.98. The van der Waals surface area contributed by atoms with E-state index in [1.54, 1.807) is 24.4 Å². The molecule has 94 valence electrons. The van der Waals surface area contributed by atoms with Gasteiger partial charge in [-0.1, -0.05) is 12.1 Å². The van der Waals surface area contributed by atoms with Crippen LogP contribution in [-0.2, 0) is 0 Å². The van der Waals surface area contributed by atoms with Crippen molar-refractivity contribution in [3.05, 3.63) is 52.4 Å². The largest absolute Gasteiger partial charge is 0.482 e. The number of nitrogen functional groups attached to an aromatic ring is 1. The lowest BCUT2D eigenvalue weighted by molar-refractivity contribution is 0.227. The molecule has 1 heterocycles. The molecule has 0 spiro atoms. The molecular weight excluding hydrogens is 299 g/mol. The zero-order valence-corrected chi connectivity index (χ0v) is 11.3. The Balaban J connectivity index is 2.21. The summed E-state index contributed by atoms with van der Waals surface area (Å²) in [6.07, 6.45) is 1.29. The summed E-state index contributed by atoms with van der Waals surface area (Å²) >= 11 is 3.30. The van der Waals surface area contributed by atoms with Crippen LogP contribution in [0.25, 0.3) is 0 Å². The van der Waals surface area contributed by atoms with E-state index in [1.807, 2.05) is 6.92 Å². The second-order valence-electron chi connectivity index (χ2n) is 3.85.